The van der Waals surface area contributed by atoms with Crippen LogP contribution in [0.4, 0.5) is 5.95 Å². The van der Waals surface area contributed by atoms with E-state index < -0.39 is 5.54 Å². The molecule has 3 aliphatic carbocycles. The highest BCUT2D eigenvalue weighted by atomic mass is 35.5. The quantitative estimate of drug-likeness (QED) is 0.109. The normalized spacial score (nSPS) is 19.5. The minimum Gasteiger partial charge on any atom is -0.466 e. The number of ether oxygens (including phenoxy) is 1. The first-order valence-electron chi connectivity index (χ1n) is 18.5. The number of fused-ring (bicyclic) bond motifs is 4. The van der Waals surface area contributed by atoms with Crippen LogP contribution in [0.2, 0.25) is 5.02 Å². The summed E-state index contributed by atoms with van der Waals surface area (Å²) in [6.45, 7) is 2.18. The summed E-state index contributed by atoms with van der Waals surface area (Å²) < 4.78 is 13.4. The van der Waals surface area contributed by atoms with Gasteiger partial charge in [-0.25, -0.2) is 14.6 Å². The number of hydrogen-bond donors (Lipinski definition) is 1. The van der Waals surface area contributed by atoms with Crippen LogP contribution in [0.1, 0.15) is 49.3 Å². The third kappa shape index (κ3) is 5.81. The second-order valence-electron chi connectivity index (χ2n) is 14.0. The number of nitrogens with zero attached hydrogens (tertiary/aromatic N) is 6. The van der Waals surface area contributed by atoms with Crippen LogP contribution in [0, 0.1) is 17.8 Å². The Morgan fingerprint density at radius 1 is 0.833 bits per heavy atom. The van der Waals surface area contributed by atoms with Crippen molar-refractivity contribution < 1.29 is 13.9 Å². The van der Waals surface area contributed by atoms with E-state index in [2.05, 4.69) is 41.7 Å². The largest absolute Gasteiger partial charge is 0.466 e. The minimum atomic E-state index is -0.965. The monoisotopic (exact) mass is 735 g/mol. The molecule has 0 radical (unpaired) electrons. The van der Waals surface area contributed by atoms with Crippen LogP contribution >= 0.6 is 11.6 Å². The topological polar surface area (TPSA) is 121 Å². The van der Waals surface area contributed by atoms with Crippen LogP contribution in [-0.4, -0.2) is 48.3 Å². The summed E-state index contributed by atoms with van der Waals surface area (Å²) in [5.74, 6) is 1.50. The van der Waals surface area contributed by atoms with Crippen molar-refractivity contribution in [3.05, 3.63) is 143 Å². The van der Waals surface area contributed by atoms with Crippen molar-refractivity contribution in [1.29, 1.82) is 0 Å². The third-order valence-electron chi connectivity index (χ3n) is 11.0. The van der Waals surface area contributed by atoms with Crippen molar-refractivity contribution in [2.45, 2.75) is 44.2 Å². The van der Waals surface area contributed by atoms with Gasteiger partial charge in [-0.15, -0.1) is 0 Å². The van der Waals surface area contributed by atoms with Crippen LogP contribution < -0.4 is 5.32 Å². The highest BCUT2D eigenvalue weighted by Gasteiger charge is 2.48. The molecule has 10 nitrogen and oxygen atoms in total. The number of rotatable bonds is 10. The molecule has 1 N–H and O–H groups in total. The van der Waals surface area contributed by atoms with Crippen LogP contribution in [0.3, 0.4) is 0 Å². The molecule has 0 amide bonds. The van der Waals surface area contributed by atoms with E-state index in [1.54, 1.807) is 18.5 Å². The van der Waals surface area contributed by atoms with E-state index >= 15 is 0 Å². The molecule has 11 heteroatoms. The summed E-state index contributed by atoms with van der Waals surface area (Å²) in [6.07, 6.45) is 7.30. The van der Waals surface area contributed by atoms with Gasteiger partial charge in [0.05, 0.1) is 29.2 Å². The number of pyridine rings is 1. The fourth-order valence-electron chi connectivity index (χ4n) is 8.73. The number of nitrogens with one attached hydrogen (secondary N) is 1. The first kappa shape index (κ1) is 33.9. The molecule has 3 aromatic carbocycles. The highest BCUT2D eigenvalue weighted by molar-refractivity contribution is 6.31. The molecule has 4 aromatic heterocycles. The van der Waals surface area contributed by atoms with Crippen LogP contribution in [0.5, 0.6) is 0 Å². The number of furan rings is 1. The van der Waals surface area contributed by atoms with Gasteiger partial charge < -0.3 is 14.5 Å². The summed E-state index contributed by atoms with van der Waals surface area (Å²) >= 11 is 6.71. The average Bonchev–Trinajstić information content (AvgIpc) is 3.90. The third-order valence-corrected chi connectivity index (χ3v) is 11.3. The fraction of sp³-hybridized carbons (Fsp3) is 0.256. The number of halogens is 1. The predicted octanol–water partition coefficient (Wildman–Crippen LogP) is 8.82. The highest BCUT2D eigenvalue weighted by Crippen LogP contribution is 2.47. The van der Waals surface area contributed by atoms with Crippen LogP contribution in [-0.2, 0) is 15.1 Å². The van der Waals surface area contributed by atoms with Crippen molar-refractivity contribution in [1.82, 2.24) is 29.7 Å². The fourth-order valence-corrected chi connectivity index (χ4v) is 8.88. The number of carbonyl (C=O) groups excluding carboxylic acids is 1. The molecule has 0 aliphatic heterocycles. The summed E-state index contributed by atoms with van der Waals surface area (Å²) in [4.78, 5) is 33.2. The molecule has 3 saturated carbocycles. The molecule has 3 fully saturated rings. The predicted molar refractivity (Wildman–Crippen MR) is 207 cm³/mol. The second kappa shape index (κ2) is 14.2. The number of benzene rings is 3. The van der Waals surface area contributed by atoms with Gasteiger partial charge in [0.1, 0.15) is 11.2 Å². The molecule has 2 bridgehead atoms. The lowest BCUT2D eigenvalue weighted by Gasteiger charge is -2.47. The molecule has 0 spiro atoms. The maximum atomic E-state index is 13.4. The van der Waals surface area contributed by atoms with E-state index in [9.17, 15) is 4.79 Å². The summed E-state index contributed by atoms with van der Waals surface area (Å²) in [5, 5.41) is 10.1. The standard InChI is InChI=1S/C43H38ClN7O3/c1-2-53-41(52)35-27-20-22-28(23-21-27)36(35)46-42-48-38(34-19-12-24-54-34)47-39(49-42)37-33-25-32(44)26-45-40(33)51(50-37)43(29-13-6-3-7-14-29,30-15-8-4-9-16-30)31-17-10-5-11-18-31/h3-19,24-28,35-36H,2,20-23H2,1H3,(H,46,47,48,49)/t27?,28?,35-,36-/m0/s1. The molecule has 0 saturated heterocycles. The van der Waals surface area contributed by atoms with Crippen molar-refractivity contribution in [3.8, 4) is 23.1 Å². The molecule has 270 valence electrons. The van der Waals surface area contributed by atoms with Crippen molar-refractivity contribution >= 4 is 34.6 Å². The zero-order valence-corrected chi connectivity index (χ0v) is 30.4. The number of aromatic nitrogens is 6. The van der Waals surface area contributed by atoms with E-state index in [-0.39, 0.29) is 29.8 Å². The van der Waals surface area contributed by atoms with Crippen LogP contribution in [0.25, 0.3) is 34.1 Å². The van der Waals surface area contributed by atoms with Crippen LogP contribution in [0.15, 0.2) is 126 Å². The first-order chi connectivity index (χ1) is 26.5. The Kier molecular flexibility index (Phi) is 8.90. The Bertz CT molecular complexity index is 2300. The van der Waals surface area contributed by atoms with Gasteiger partial charge in [0.25, 0.3) is 0 Å². The van der Waals surface area contributed by atoms with Gasteiger partial charge >= 0.3 is 5.97 Å². The van der Waals surface area contributed by atoms with Gasteiger partial charge in [0.2, 0.25) is 11.8 Å². The average molecular weight is 736 g/mol. The lowest BCUT2D eigenvalue weighted by atomic mass is 9.61. The summed E-state index contributed by atoms with van der Waals surface area (Å²) in [5.41, 5.74) is 3.06. The number of esters is 1. The van der Waals surface area contributed by atoms with Gasteiger partial charge in [-0.1, -0.05) is 103 Å². The van der Waals surface area contributed by atoms with Crippen molar-refractivity contribution in [3.63, 3.8) is 0 Å². The zero-order valence-electron chi connectivity index (χ0n) is 29.7. The second-order valence-corrected chi connectivity index (χ2v) is 14.4. The van der Waals surface area contributed by atoms with E-state index in [0.29, 0.717) is 51.7 Å². The zero-order chi connectivity index (χ0) is 36.6. The number of hydrogen-bond acceptors (Lipinski definition) is 9. The molecule has 7 aromatic rings. The lowest BCUT2D eigenvalue weighted by Crippen LogP contribution is -2.52. The summed E-state index contributed by atoms with van der Waals surface area (Å²) in [6, 6.07) is 36.2. The SMILES string of the molecule is CCOC(=O)[C@H]1C2CCC(CC2)[C@@H]1Nc1nc(-c2ccco2)nc(-c2nn(C(c3ccccc3)(c3ccccc3)c3ccccc3)c3ncc(Cl)cc23)n1. The maximum Gasteiger partial charge on any atom is 0.311 e. The molecule has 54 heavy (non-hydrogen) atoms. The molecular formula is C43H38ClN7O3. The molecule has 2 atom stereocenters. The number of anilines is 1. The van der Waals surface area contributed by atoms with Crippen molar-refractivity contribution in [2.75, 3.05) is 11.9 Å². The van der Waals surface area contributed by atoms with Gasteiger partial charge in [-0.3, -0.25) is 4.79 Å². The summed E-state index contributed by atoms with van der Waals surface area (Å²) in [7, 11) is 0. The van der Waals surface area contributed by atoms with Gasteiger partial charge in [0.15, 0.2) is 17.2 Å². The minimum absolute atomic E-state index is 0.172. The smallest absolute Gasteiger partial charge is 0.311 e. The van der Waals surface area contributed by atoms with E-state index in [4.69, 9.17) is 45.8 Å². The molecule has 0 unspecified atom stereocenters. The van der Waals surface area contributed by atoms with Crippen molar-refractivity contribution in [2.24, 2.45) is 17.8 Å². The lowest BCUT2D eigenvalue weighted by molar-refractivity contribution is -0.154. The van der Waals surface area contributed by atoms with E-state index in [1.165, 1.54) is 0 Å². The van der Waals surface area contributed by atoms with E-state index in [0.717, 1.165) is 42.4 Å². The first-order valence-corrected chi connectivity index (χ1v) is 18.9. The molecule has 10 rings (SSSR count). The van der Waals surface area contributed by atoms with E-state index in [1.807, 2.05) is 78.3 Å². The molecular weight excluding hydrogens is 698 g/mol. The maximum absolute atomic E-state index is 13.4. The Morgan fingerprint density at radius 2 is 1.44 bits per heavy atom. The van der Waals surface area contributed by atoms with Gasteiger partial charge in [-0.2, -0.15) is 15.1 Å². The van der Waals surface area contributed by atoms with Gasteiger partial charge in [0, 0.05) is 12.2 Å². The Balaban J connectivity index is 1.28. The van der Waals surface area contributed by atoms with Gasteiger partial charge in [-0.05, 0) is 79.3 Å². The Hall–Kier alpha value is -5.87. The number of carbonyl (C=O) groups is 1. The Labute approximate surface area is 317 Å². The molecule has 4 heterocycles. The molecule has 3 aliphatic rings. The Morgan fingerprint density at radius 3 is 2.04 bits per heavy atom.